The molecule has 2 N–H and O–H groups in total. The number of halogens is 1. The fourth-order valence-electron chi connectivity index (χ4n) is 2.17. The van der Waals surface area contributed by atoms with E-state index in [0.29, 0.717) is 6.54 Å². The van der Waals surface area contributed by atoms with Crippen molar-refractivity contribution in [2.45, 2.75) is 6.42 Å². The molecule has 2 heterocycles. The minimum Gasteiger partial charge on any atom is -0.330 e. The summed E-state index contributed by atoms with van der Waals surface area (Å²) in [6.07, 6.45) is 2.99. The van der Waals surface area contributed by atoms with Gasteiger partial charge in [-0.3, -0.25) is 4.40 Å². The molecule has 0 aliphatic carbocycles. The molecule has 3 rings (SSSR count). The number of fused-ring (bicyclic) bond motifs is 3. The highest BCUT2D eigenvalue weighted by molar-refractivity contribution is 9.10. The Morgan fingerprint density at radius 2 is 2.24 bits per heavy atom. The third kappa shape index (κ3) is 1.57. The third-order valence-electron chi connectivity index (χ3n) is 3.04. The van der Waals surface area contributed by atoms with Crippen molar-refractivity contribution in [3.63, 3.8) is 0 Å². The summed E-state index contributed by atoms with van der Waals surface area (Å²) in [5.74, 6) is 0.960. The van der Waals surface area contributed by atoms with Gasteiger partial charge in [0.25, 0.3) is 0 Å². The van der Waals surface area contributed by atoms with Gasteiger partial charge in [0.15, 0.2) is 0 Å². The molecule has 5 heteroatoms. The van der Waals surface area contributed by atoms with Crippen LogP contribution in [-0.4, -0.2) is 20.5 Å². The van der Waals surface area contributed by atoms with Crippen LogP contribution >= 0.6 is 15.9 Å². The molecular formula is C12H13BrN4. The maximum Gasteiger partial charge on any atom is 0.214 e. The van der Waals surface area contributed by atoms with Gasteiger partial charge in [-0.1, -0.05) is 15.9 Å². The number of imidazole rings is 2. The lowest BCUT2D eigenvalue weighted by molar-refractivity contribution is 0.820. The van der Waals surface area contributed by atoms with Crippen molar-refractivity contribution in [3.8, 4) is 0 Å². The Bertz CT molecular complexity index is 695. The van der Waals surface area contributed by atoms with Gasteiger partial charge in [0.1, 0.15) is 0 Å². The van der Waals surface area contributed by atoms with Crippen LogP contribution in [0.2, 0.25) is 0 Å². The first kappa shape index (κ1) is 10.8. The van der Waals surface area contributed by atoms with Crippen LogP contribution in [0.1, 0.15) is 5.69 Å². The summed E-state index contributed by atoms with van der Waals surface area (Å²) in [6.45, 7) is 0.657. The van der Waals surface area contributed by atoms with E-state index in [1.165, 1.54) is 5.69 Å². The van der Waals surface area contributed by atoms with E-state index in [1.54, 1.807) is 0 Å². The van der Waals surface area contributed by atoms with Crippen LogP contribution in [0.15, 0.2) is 28.9 Å². The molecule has 0 saturated carbocycles. The van der Waals surface area contributed by atoms with E-state index in [1.807, 2.05) is 19.2 Å². The standard InChI is InChI=1S/C12H13BrN4/c1-16-9(4-5-14)7-17-11-3-2-8(13)6-10(11)15-12(16)17/h2-3,6-7H,4-5,14H2,1H3. The van der Waals surface area contributed by atoms with Crippen LogP contribution in [0.25, 0.3) is 16.8 Å². The van der Waals surface area contributed by atoms with E-state index >= 15 is 0 Å². The van der Waals surface area contributed by atoms with Gasteiger partial charge in [0.2, 0.25) is 5.78 Å². The van der Waals surface area contributed by atoms with Gasteiger partial charge >= 0.3 is 0 Å². The highest BCUT2D eigenvalue weighted by Gasteiger charge is 2.11. The molecule has 0 atom stereocenters. The molecule has 4 nitrogen and oxygen atoms in total. The molecule has 0 aliphatic rings. The number of rotatable bonds is 2. The summed E-state index contributed by atoms with van der Waals surface area (Å²) in [6, 6.07) is 6.14. The van der Waals surface area contributed by atoms with Crippen molar-refractivity contribution < 1.29 is 0 Å². The van der Waals surface area contributed by atoms with Crippen molar-refractivity contribution >= 4 is 32.7 Å². The molecule has 0 unspecified atom stereocenters. The van der Waals surface area contributed by atoms with Gasteiger partial charge in [0.05, 0.1) is 11.0 Å². The van der Waals surface area contributed by atoms with Crippen LogP contribution < -0.4 is 5.73 Å². The van der Waals surface area contributed by atoms with E-state index in [0.717, 1.165) is 27.7 Å². The van der Waals surface area contributed by atoms with Gasteiger partial charge in [0, 0.05) is 29.8 Å². The zero-order valence-corrected chi connectivity index (χ0v) is 11.1. The fourth-order valence-corrected chi connectivity index (χ4v) is 2.52. The molecule has 0 spiro atoms. The smallest absolute Gasteiger partial charge is 0.214 e. The molecule has 3 aromatic rings. The molecule has 0 bridgehead atoms. The monoisotopic (exact) mass is 292 g/mol. The second-order valence-electron chi connectivity index (χ2n) is 4.13. The Balaban J connectivity index is 2.33. The lowest BCUT2D eigenvalue weighted by atomic mass is 10.3. The Morgan fingerprint density at radius 3 is 3.00 bits per heavy atom. The lowest BCUT2D eigenvalue weighted by Gasteiger charge is -1.98. The van der Waals surface area contributed by atoms with Crippen LogP contribution in [0.4, 0.5) is 0 Å². The number of aryl methyl sites for hydroxylation is 1. The summed E-state index contributed by atoms with van der Waals surface area (Å²) < 4.78 is 5.27. The average Bonchev–Trinajstić information content (AvgIpc) is 2.78. The van der Waals surface area contributed by atoms with Gasteiger partial charge < -0.3 is 10.3 Å². The number of hydrogen-bond donors (Lipinski definition) is 1. The Hall–Kier alpha value is -1.33. The van der Waals surface area contributed by atoms with Crippen LogP contribution in [0.3, 0.4) is 0 Å². The lowest BCUT2D eigenvalue weighted by Crippen LogP contribution is -2.06. The van der Waals surface area contributed by atoms with Crippen molar-refractivity contribution in [2.24, 2.45) is 12.8 Å². The average molecular weight is 293 g/mol. The van der Waals surface area contributed by atoms with Gasteiger partial charge in [-0.2, -0.15) is 0 Å². The van der Waals surface area contributed by atoms with E-state index < -0.39 is 0 Å². The van der Waals surface area contributed by atoms with Crippen molar-refractivity contribution in [1.82, 2.24) is 14.0 Å². The van der Waals surface area contributed by atoms with Crippen molar-refractivity contribution in [2.75, 3.05) is 6.54 Å². The molecule has 0 radical (unpaired) electrons. The van der Waals surface area contributed by atoms with E-state index in [9.17, 15) is 0 Å². The van der Waals surface area contributed by atoms with E-state index in [-0.39, 0.29) is 0 Å². The molecule has 0 aliphatic heterocycles. The SMILES string of the molecule is Cn1c(CCN)cn2c3ccc(Br)cc3nc12. The fraction of sp³-hybridized carbons (Fsp3) is 0.250. The second-order valence-corrected chi connectivity index (χ2v) is 5.05. The highest BCUT2D eigenvalue weighted by atomic mass is 79.9. The molecule has 17 heavy (non-hydrogen) atoms. The number of nitrogens with zero attached hydrogens (tertiary/aromatic N) is 3. The molecule has 2 aromatic heterocycles. The first-order chi connectivity index (χ1) is 8.20. The predicted molar refractivity (Wildman–Crippen MR) is 72.1 cm³/mol. The maximum absolute atomic E-state index is 5.60. The molecule has 88 valence electrons. The first-order valence-electron chi connectivity index (χ1n) is 5.52. The topological polar surface area (TPSA) is 48.2 Å². The number of benzene rings is 1. The van der Waals surface area contributed by atoms with E-state index in [2.05, 4.69) is 42.1 Å². The summed E-state index contributed by atoms with van der Waals surface area (Å²) in [7, 11) is 2.03. The minimum absolute atomic E-state index is 0.657. The Kier molecular flexibility index (Phi) is 2.45. The molecular weight excluding hydrogens is 280 g/mol. The summed E-state index contributed by atoms with van der Waals surface area (Å²) >= 11 is 3.46. The minimum atomic E-state index is 0.657. The number of hydrogen-bond acceptors (Lipinski definition) is 2. The van der Waals surface area contributed by atoms with Crippen molar-refractivity contribution in [3.05, 3.63) is 34.6 Å². The molecule has 1 aromatic carbocycles. The van der Waals surface area contributed by atoms with Gasteiger partial charge in [-0.25, -0.2) is 4.98 Å². The summed E-state index contributed by atoms with van der Waals surface area (Å²) in [5, 5.41) is 0. The zero-order chi connectivity index (χ0) is 12.0. The van der Waals surface area contributed by atoms with Crippen LogP contribution in [0.5, 0.6) is 0 Å². The zero-order valence-electron chi connectivity index (χ0n) is 9.52. The normalized spacial score (nSPS) is 11.7. The van der Waals surface area contributed by atoms with Crippen LogP contribution in [0, 0.1) is 0 Å². The summed E-state index contributed by atoms with van der Waals surface area (Å²) in [5.41, 5.74) is 8.94. The molecule has 0 saturated heterocycles. The van der Waals surface area contributed by atoms with Crippen molar-refractivity contribution in [1.29, 1.82) is 0 Å². The summed E-state index contributed by atoms with van der Waals surface area (Å²) in [4.78, 5) is 4.63. The molecule has 0 fully saturated rings. The van der Waals surface area contributed by atoms with E-state index in [4.69, 9.17) is 5.73 Å². The first-order valence-corrected chi connectivity index (χ1v) is 6.32. The third-order valence-corrected chi connectivity index (χ3v) is 3.54. The number of nitrogens with two attached hydrogens (primary N) is 1. The Morgan fingerprint density at radius 1 is 1.41 bits per heavy atom. The van der Waals surface area contributed by atoms with Gasteiger partial charge in [-0.05, 0) is 24.7 Å². The largest absolute Gasteiger partial charge is 0.330 e. The highest BCUT2D eigenvalue weighted by Crippen LogP contribution is 2.22. The number of aromatic nitrogens is 3. The predicted octanol–water partition coefficient (Wildman–Crippen LogP) is 2.09. The second kappa shape index (κ2) is 3.85. The Labute approximate surface area is 107 Å². The quantitative estimate of drug-likeness (QED) is 0.786. The van der Waals surface area contributed by atoms with Crippen LogP contribution in [-0.2, 0) is 13.5 Å². The maximum atomic E-state index is 5.60. The van der Waals surface area contributed by atoms with Gasteiger partial charge in [-0.15, -0.1) is 0 Å². The molecule has 0 amide bonds.